The van der Waals surface area contributed by atoms with Gasteiger partial charge in [0, 0.05) is 33.2 Å². The number of hydrogen-bond donors (Lipinski definition) is 0. The van der Waals surface area contributed by atoms with Gasteiger partial charge in [-0.3, -0.25) is 14.3 Å². The van der Waals surface area contributed by atoms with Gasteiger partial charge in [-0.15, -0.1) is 0 Å². The molecule has 8 heteroatoms. The number of aromatic nitrogens is 2. The average Bonchev–Trinajstić information content (AvgIpc) is 2.67. The highest BCUT2D eigenvalue weighted by molar-refractivity contribution is 6.12. The molecular weight excluding hydrogens is 337 g/mol. The van der Waals surface area contributed by atoms with Crippen molar-refractivity contribution in [3.63, 3.8) is 0 Å². The molecule has 0 spiro atoms. The van der Waals surface area contributed by atoms with Crippen molar-refractivity contribution in [2.45, 2.75) is 25.9 Å². The number of nitrogens with zero attached hydrogens (tertiary/aromatic N) is 5. The molecular formula is C18H22FN5O2. The summed E-state index contributed by atoms with van der Waals surface area (Å²) in [5, 5.41) is 0.519. The Morgan fingerprint density at radius 3 is 2.58 bits per heavy atom. The largest absolute Gasteiger partial charge is 0.349 e. The lowest BCUT2D eigenvalue weighted by atomic mass is 10.1. The van der Waals surface area contributed by atoms with Crippen LogP contribution in [0.25, 0.3) is 10.9 Å². The van der Waals surface area contributed by atoms with E-state index in [1.165, 1.54) is 9.47 Å². The van der Waals surface area contributed by atoms with Gasteiger partial charge in [0.1, 0.15) is 11.9 Å². The van der Waals surface area contributed by atoms with E-state index in [1.807, 2.05) is 11.9 Å². The first kappa shape index (κ1) is 17.0. The summed E-state index contributed by atoms with van der Waals surface area (Å²) in [6, 6.07) is 1.33. The van der Waals surface area contributed by atoms with Crippen molar-refractivity contribution in [2.75, 3.05) is 37.0 Å². The van der Waals surface area contributed by atoms with Crippen molar-refractivity contribution in [3.8, 4) is 0 Å². The van der Waals surface area contributed by atoms with Crippen LogP contribution in [0, 0.1) is 12.7 Å². The zero-order chi connectivity index (χ0) is 18.9. The van der Waals surface area contributed by atoms with Gasteiger partial charge in [-0.25, -0.2) is 9.18 Å². The maximum atomic E-state index is 15.1. The van der Waals surface area contributed by atoms with Gasteiger partial charge in [-0.2, -0.15) is 4.98 Å². The SMILES string of the molecule is Cc1cc2c3c(nc(=O)n2C)N2CC(C)N(C)CC2C(=O)N(C)c3c1F. The first-order valence-corrected chi connectivity index (χ1v) is 8.66. The second-order valence-corrected chi connectivity index (χ2v) is 7.38. The van der Waals surface area contributed by atoms with Crippen LogP contribution in [-0.2, 0) is 11.8 Å². The average molecular weight is 359 g/mol. The van der Waals surface area contributed by atoms with Crippen LogP contribution in [0.2, 0.25) is 0 Å². The van der Waals surface area contributed by atoms with Crippen molar-refractivity contribution in [1.82, 2.24) is 14.5 Å². The molecule has 1 amide bonds. The van der Waals surface area contributed by atoms with Gasteiger partial charge in [-0.05, 0) is 32.5 Å². The van der Waals surface area contributed by atoms with E-state index in [0.29, 0.717) is 35.4 Å². The van der Waals surface area contributed by atoms with Gasteiger partial charge in [-0.1, -0.05) is 0 Å². The Morgan fingerprint density at radius 2 is 1.88 bits per heavy atom. The quantitative estimate of drug-likeness (QED) is 0.698. The molecule has 7 nitrogen and oxygen atoms in total. The minimum absolute atomic E-state index is 0.183. The minimum Gasteiger partial charge on any atom is -0.341 e. The van der Waals surface area contributed by atoms with Gasteiger partial charge in [0.05, 0.1) is 16.6 Å². The Bertz CT molecular complexity index is 1000. The second-order valence-electron chi connectivity index (χ2n) is 7.38. The Balaban J connectivity index is 2.14. The van der Waals surface area contributed by atoms with Gasteiger partial charge >= 0.3 is 5.69 Å². The normalized spacial score (nSPS) is 23.4. The fraction of sp³-hybridized carbons (Fsp3) is 0.500. The molecule has 1 aromatic heterocycles. The van der Waals surface area contributed by atoms with Crippen molar-refractivity contribution in [1.29, 1.82) is 0 Å². The standard InChI is InChI=1S/C18H22FN5O2/c1-9-6-11-13-15(14(9)19)23(5)17(25)12-8-21(3)10(2)7-24(12)16(13)20-18(26)22(11)4/h6,10,12H,7-8H2,1-5H3. The number of piperazine rings is 1. The fourth-order valence-corrected chi connectivity index (χ4v) is 3.97. The summed E-state index contributed by atoms with van der Waals surface area (Å²) in [5.74, 6) is -0.237. The Hall–Kier alpha value is -2.48. The molecule has 1 fully saturated rings. The van der Waals surface area contributed by atoms with Crippen LogP contribution < -0.4 is 15.5 Å². The van der Waals surface area contributed by atoms with E-state index in [1.54, 1.807) is 27.1 Å². The first-order valence-electron chi connectivity index (χ1n) is 8.66. The molecule has 2 unspecified atom stereocenters. The lowest BCUT2D eigenvalue weighted by Crippen LogP contribution is -2.61. The molecule has 3 heterocycles. The van der Waals surface area contributed by atoms with Crippen molar-refractivity contribution in [3.05, 3.63) is 27.9 Å². The number of hydrogen-bond acceptors (Lipinski definition) is 5. The van der Waals surface area contributed by atoms with Gasteiger partial charge in [0.25, 0.3) is 5.91 Å². The molecule has 2 aromatic rings. The number of fused-ring (bicyclic) bond motifs is 2. The molecule has 4 rings (SSSR count). The highest BCUT2D eigenvalue weighted by Gasteiger charge is 2.42. The molecule has 0 saturated carbocycles. The zero-order valence-corrected chi connectivity index (χ0v) is 15.6. The van der Waals surface area contributed by atoms with E-state index >= 15 is 4.39 Å². The molecule has 0 bridgehead atoms. The maximum absolute atomic E-state index is 15.1. The van der Waals surface area contributed by atoms with E-state index in [2.05, 4.69) is 16.8 Å². The number of amides is 1. The van der Waals surface area contributed by atoms with Crippen molar-refractivity contribution in [2.24, 2.45) is 7.05 Å². The van der Waals surface area contributed by atoms with Crippen LogP contribution in [0.1, 0.15) is 12.5 Å². The fourth-order valence-electron chi connectivity index (χ4n) is 3.97. The summed E-state index contributed by atoms with van der Waals surface area (Å²) in [5.41, 5.74) is 0.769. The Kier molecular flexibility index (Phi) is 3.59. The highest BCUT2D eigenvalue weighted by atomic mass is 19.1. The third-order valence-electron chi connectivity index (χ3n) is 5.75. The molecule has 0 N–H and O–H groups in total. The number of halogens is 1. The monoisotopic (exact) mass is 359 g/mol. The maximum Gasteiger partial charge on any atom is 0.349 e. The lowest BCUT2D eigenvalue weighted by molar-refractivity contribution is -0.120. The van der Waals surface area contributed by atoms with E-state index in [0.717, 1.165) is 0 Å². The third-order valence-corrected chi connectivity index (χ3v) is 5.75. The van der Waals surface area contributed by atoms with E-state index in [9.17, 15) is 9.59 Å². The lowest BCUT2D eigenvalue weighted by Gasteiger charge is -2.43. The summed E-state index contributed by atoms with van der Waals surface area (Å²) in [6.45, 7) is 4.74. The number of benzene rings is 1. The number of likely N-dealkylation sites (N-methyl/N-ethyl adjacent to an activating group) is 2. The van der Waals surface area contributed by atoms with Crippen molar-refractivity contribution >= 4 is 28.3 Å². The molecule has 2 atom stereocenters. The number of carbonyl (C=O) groups excluding carboxylic acids is 1. The number of aryl methyl sites for hydroxylation is 2. The number of carbonyl (C=O) groups is 1. The molecule has 1 saturated heterocycles. The predicted octanol–water partition coefficient (Wildman–Crippen LogP) is 0.866. The van der Waals surface area contributed by atoms with Crippen LogP contribution in [0.15, 0.2) is 10.9 Å². The summed E-state index contributed by atoms with van der Waals surface area (Å²) >= 11 is 0. The smallest absolute Gasteiger partial charge is 0.341 e. The molecule has 138 valence electrons. The molecule has 0 aliphatic carbocycles. The third kappa shape index (κ3) is 2.11. The first-order chi connectivity index (χ1) is 12.2. The van der Waals surface area contributed by atoms with Crippen LogP contribution in [0.3, 0.4) is 0 Å². The summed E-state index contributed by atoms with van der Waals surface area (Å²) in [7, 11) is 5.17. The summed E-state index contributed by atoms with van der Waals surface area (Å²) in [4.78, 5) is 35.2. The zero-order valence-electron chi connectivity index (χ0n) is 15.6. The predicted molar refractivity (Wildman–Crippen MR) is 98.3 cm³/mol. The van der Waals surface area contributed by atoms with Crippen LogP contribution in [0.4, 0.5) is 15.9 Å². The van der Waals surface area contributed by atoms with Gasteiger partial charge in [0.2, 0.25) is 0 Å². The molecule has 26 heavy (non-hydrogen) atoms. The summed E-state index contributed by atoms with van der Waals surface area (Å²) < 4.78 is 16.5. The number of anilines is 2. The molecule has 1 aromatic carbocycles. The van der Waals surface area contributed by atoms with Gasteiger partial charge in [0.15, 0.2) is 5.82 Å². The second kappa shape index (κ2) is 5.51. The summed E-state index contributed by atoms with van der Waals surface area (Å²) in [6.07, 6.45) is 0. The van der Waals surface area contributed by atoms with Gasteiger partial charge < -0.3 is 9.80 Å². The number of rotatable bonds is 0. The Labute approximate surface area is 150 Å². The van der Waals surface area contributed by atoms with E-state index in [4.69, 9.17) is 0 Å². The minimum atomic E-state index is -0.504. The van der Waals surface area contributed by atoms with Crippen LogP contribution in [0.5, 0.6) is 0 Å². The Morgan fingerprint density at radius 1 is 1.19 bits per heavy atom. The molecule has 2 aliphatic heterocycles. The van der Waals surface area contributed by atoms with E-state index in [-0.39, 0.29) is 17.6 Å². The molecule has 2 aliphatic rings. The molecule has 0 radical (unpaired) electrons. The highest BCUT2D eigenvalue weighted by Crippen LogP contribution is 2.40. The van der Waals surface area contributed by atoms with Crippen LogP contribution >= 0.6 is 0 Å². The topological polar surface area (TPSA) is 61.7 Å². The van der Waals surface area contributed by atoms with E-state index < -0.39 is 17.5 Å². The van der Waals surface area contributed by atoms with Crippen molar-refractivity contribution < 1.29 is 9.18 Å². The van der Waals surface area contributed by atoms with Crippen LogP contribution in [-0.4, -0.2) is 59.6 Å².